The number of aliphatic hydroxyl groups is 1. The molecule has 4 heteroatoms. The van der Waals surface area contributed by atoms with Crippen molar-refractivity contribution in [2.45, 2.75) is 90.5 Å². The molecule has 0 aliphatic carbocycles. The van der Waals surface area contributed by atoms with Crippen LogP contribution in [0.25, 0.3) is 0 Å². The molecule has 1 aromatic rings. The number of aliphatic hydroxyl groups excluding tert-OH is 1. The van der Waals surface area contributed by atoms with Crippen LogP contribution in [0.4, 0.5) is 0 Å². The Labute approximate surface area is 166 Å². The second-order valence-corrected chi connectivity index (χ2v) is 8.33. The molecule has 0 saturated heterocycles. The van der Waals surface area contributed by atoms with Gasteiger partial charge in [0.2, 0.25) is 0 Å². The van der Waals surface area contributed by atoms with Gasteiger partial charge in [-0.15, -0.1) is 0 Å². The first-order chi connectivity index (χ1) is 12.9. The van der Waals surface area contributed by atoms with E-state index in [-0.39, 0.29) is 12.4 Å². The number of phenolic OH excluding ortho intramolecular Hbond substituents is 1. The fraction of sp³-hybridized carbons (Fsp3) is 0.739. The summed E-state index contributed by atoms with van der Waals surface area (Å²) in [6.07, 6.45) is 10.9. The third kappa shape index (κ3) is 10.0. The topological polar surface area (TPSA) is 75.7 Å². The summed E-state index contributed by atoms with van der Waals surface area (Å²) in [7, 11) is 0. The first kappa shape index (κ1) is 23.8. The molecule has 0 aromatic heterocycles. The summed E-state index contributed by atoms with van der Waals surface area (Å²) in [6.45, 7) is 7.17. The highest BCUT2D eigenvalue weighted by atomic mass is 16.5. The molecule has 0 bridgehead atoms. The highest BCUT2D eigenvalue weighted by Crippen LogP contribution is 2.28. The minimum absolute atomic E-state index is 0.0194. The molecule has 0 fully saturated rings. The standard InChI is InChI=1S/C23H41NO3/c1-4-23(24,18-25)15-14-20-12-13-22(21(26)17-20)27-16-10-8-6-5-7-9-11-19(2)3/h12-13,17,19,25-26H,4-11,14-16,18,24H2,1-3H3. The molecule has 0 radical (unpaired) electrons. The van der Waals surface area contributed by atoms with Crippen LogP contribution in [0.1, 0.15) is 84.1 Å². The van der Waals surface area contributed by atoms with E-state index in [0.717, 1.165) is 30.7 Å². The lowest BCUT2D eigenvalue weighted by Crippen LogP contribution is -2.43. The molecule has 0 amide bonds. The molecule has 1 rings (SSSR count). The number of unbranched alkanes of at least 4 members (excludes halogenated alkanes) is 5. The molecule has 0 aliphatic heterocycles. The maximum absolute atomic E-state index is 10.2. The van der Waals surface area contributed by atoms with Gasteiger partial charge in [-0.2, -0.15) is 0 Å². The smallest absolute Gasteiger partial charge is 0.160 e. The largest absolute Gasteiger partial charge is 0.504 e. The number of hydrogen-bond acceptors (Lipinski definition) is 4. The SMILES string of the molecule is CCC(N)(CO)CCc1ccc(OCCCCCCCCC(C)C)c(O)c1. The van der Waals surface area contributed by atoms with Crippen LogP contribution in [-0.2, 0) is 6.42 Å². The highest BCUT2D eigenvalue weighted by molar-refractivity contribution is 5.41. The first-order valence-electron chi connectivity index (χ1n) is 10.7. The Hall–Kier alpha value is -1.26. The monoisotopic (exact) mass is 379 g/mol. The van der Waals surface area contributed by atoms with Gasteiger partial charge in [0.15, 0.2) is 11.5 Å². The van der Waals surface area contributed by atoms with Gasteiger partial charge in [-0.25, -0.2) is 0 Å². The van der Waals surface area contributed by atoms with Gasteiger partial charge in [0.25, 0.3) is 0 Å². The van der Waals surface area contributed by atoms with Crippen LogP contribution < -0.4 is 10.5 Å². The molecule has 156 valence electrons. The van der Waals surface area contributed by atoms with Crippen LogP contribution >= 0.6 is 0 Å². The normalized spacial score (nSPS) is 13.7. The zero-order valence-electron chi connectivity index (χ0n) is 17.7. The maximum Gasteiger partial charge on any atom is 0.160 e. The number of aryl methyl sites for hydroxylation is 1. The van der Waals surface area contributed by atoms with Crippen molar-refractivity contribution in [3.63, 3.8) is 0 Å². The molecular formula is C23H41NO3. The molecule has 0 heterocycles. The van der Waals surface area contributed by atoms with Gasteiger partial charge in [0.1, 0.15) is 0 Å². The zero-order valence-corrected chi connectivity index (χ0v) is 17.7. The van der Waals surface area contributed by atoms with E-state index in [2.05, 4.69) is 13.8 Å². The molecule has 27 heavy (non-hydrogen) atoms. The van der Waals surface area contributed by atoms with Gasteiger partial charge in [-0.05, 0) is 49.3 Å². The quantitative estimate of drug-likeness (QED) is 0.367. The predicted molar refractivity (Wildman–Crippen MR) is 113 cm³/mol. The van der Waals surface area contributed by atoms with Crippen molar-refractivity contribution >= 4 is 0 Å². The van der Waals surface area contributed by atoms with Crippen molar-refractivity contribution in [3.8, 4) is 11.5 Å². The van der Waals surface area contributed by atoms with Crippen molar-refractivity contribution in [2.75, 3.05) is 13.2 Å². The van der Waals surface area contributed by atoms with E-state index in [9.17, 15) is 10.2 Å². The number of nitrogens with two attached hydrogens (primary N) is 1. The van der Waals surface area contributed by atoms with E-state index in [1.54, 1.807) is 6.07 Å². The summed E-state index contributed by atoms with van der Waals surface area (Å²) in [5.74, 6) is 1.55. The van der Waals surface area contributed by atoms with E-state index in [1.165, 1.54) is 38.5 Å². The molecular weight excluding hydrogens is 338 g/mol. The second kappa shape index (κ2) is 13.0. The van der Waals surface area contributed by atoms with Crippen LogP contribution in [0, 0.1) is 5.92 Å². The summed E-state index contributed by atoms with van der Waals surface area (Å²) in [5, 5.41) is 19.6. The molecule has 0 aliphatic rings. The number of aromatic hydroxyl groups is 1. The average molecular weight is 380 g/mol. The van der Waals surface area contributed by atoms with Gasteiger partial charge in [0.05, 0.1) is 13.2 Å². The molecule has 1 unspecified atom stereocenters. The van der Waals surface area contributed by atoms with Crippen LogP contribution in [0.2, 0.25) is 0 Å². The molecule has 4 nitrogen and oxygen atoms in total. The van der Waals surface area contributed by atoms with E-state index in [1.807, 2.05) is 19.1 Å². The van der Waals surface area contributed by atoms with Crippen LogP contribution in [-0.4, -0.2) is 29.0 Å². The third-order valence-electron chi connectivity index (χ3n) is 5.39. The number of rotatable bonds is 15. The fourth-order valence-corrected chi connectivity index (χ4v) is 3.15. The Morgan fingerprint density at radius 1 is 1.07 bits per heavy atom. The first-order valence-corrected chi connectivity index (χ1v) is 10.7. The van der Waals surface area contributed by atoms with Crippen molar-refractivity contribution in [3.05, 3.63) is 23.8 Å². The Bertz CT molecular complexity index is 512. The molecule has 1 atom stereocenters. The fourth-order valence-electron chi connectivity index (χ4n) is 3.15. The lowest BCUT2D eigenvalue weighted by molar-refractivity contribution is 0.183. The molecule has 0 spiro atoms. The van der Waals surface area contributed by atoms with E-state index in [0.29, 0.717) is 18.8 Å². The number of benzene rings is 1. The minimum atomic E-state index is -0.542. The van der Waals surface area contributed by atoms with Gasteiger partial charge < -0.3 is 20.7 Å². The van der Waals surface area contributed by atoms with Crippen molar-refractivity contribution in [1.82, 2.24) is 0 Å². The molecule has 4 N–H and O–H groups in total. The van der Waals surface area contributed by atoms with Crippen LogP contribution in [0.5, 0.6) is 11.5 Å². The van der Waals surface area contributed by atoms with Gasteiger partial charge >= 0.3 is 0 Å². The van der Waals surface area contributed by atoms with E-state index >= 15 is 0 Å². The Morgan fingerprint density at radius 3 is 2.33 bits per heavy atom. The Morgan fingerprint density at radius 2 is 1.74 bits per heavy atom. The number of ether oxygens (including phenoxy) is 1. The van der Waals surface area contributed by atoms with Crippen LogP contribution in [0.15, 0.2) is 18.2 Å². The average Bonchev–Trinajstić information content (AvgIpc) is 2.65. The second-order valence-electron chi connectivity index (χ2n) is 8.33. The summed E-state index contributed by atoms with van der Waals surface area (Å²) < 4.78 is 5.72. The van der Waals surface area contributed by atoms with Crippen molar-refractivity contribution in [2.24, 2.45) is 11.7 Å². The summed E-state index contributed by atoms with van der Waals surface area (Å²) in [5.41, 5.74) is 6.59. The van der Waals surface area contributed by atoms with Crippen molar-refractivity contribution < 1.29 is 14.9 Å². The summed E-state index contributed by atoms with van der Waals surface area (Å²) in [4.78, 5) is 0. The minimum Gasteiger partial charge on any atom is -0.504 e. The Balaban J connectivity index is 2.23. The van der Waals surface area contributed by atoms with E-state index in [4.69, 9.17) is 10.5 Å². The maximum atomic E-state index is 10.2. The lowest BCUT2D eigenvalue weighted by Gasteiger charge is -2.25. The summed E-state index contributed by atoms with van der Waals surface area (Å²) in [6, 6.07) is 5.55. The van der Waals surface area contributed by atoms with Crippen molar-refractivity contribution in [1.29, 1.82) is 0 Å². The number of phenols is 1. The lowest BCUT2D eigenvalue weighted by atomic mass is 9.90. The molecule has 1 aromatic carbocycles. The van der Waals surface area contributed by atoms with Gasteiger partial charge in [0, 0.05) is 5.54 Å². The highest BCUT2D eigenvalue weighted by Gasteiger charge is 2.21. The van der Waals surface area contributed by atoms with Crippen LogP contribution in [0.3, 0.4) is 0 Å². The summed E-state index contributed by atoms with van der Waals surface area (Å²) >= 11 is 0. The zero-order chi connectivity index (χ0) is 20.1. The van der Waals surface area contributed by atoms with Gasteiger partial charge in [-0.1, -0.05) is 65.4 Å². The third-order valence-corrected chi connectivity index (χ3v) is 5.39. The number of hydrogen-bond donors (Lipinski definition) is 3. The van der Waals surface area contributed by atoms with E-state index < -0.39 is 5.54 Å². The predicted octanol–water partition coefficient (Wildman–Crippen LogP) is 5.19. The Kier molecular flexibility index (Phi) is 11.5. The van der Waals surface area contributed by atoms with Gasteiger partial charge in [-0.3, -0.25) is 0 Å². The molecule has 0 saturated carbocycles.